The van der Waals surface area contributed by atoms with Crippen molar-refractivity contribution in [1.29, 1.82) is 0 Å². The highest BCUT2D eigenvalue weighted by atomic mass is 16.5. The summed E-state index contributed by atoms with van der Waals surface area (Å²) in [6, 6.07) is 6.87. The fourth-order valence-electron chi connectivity index (χ4n) is 1.10. The quantitative estimate of drug-likeness (QED) is 0.473. The van der Waals surface area contributed by atoms with Gasteiger partial charge in [0.1, 0.15) is 12.7 Å². The Labute approximate surface area is 93.5 Å². The Morgan fingerprint density at radius 2 is 2.00 bits per heavy atom. The van der Waals surface area contributed by atoms with Gasteiger partial charge in [-0.05, 0) is 17.7 Å². The van der Waals surface area contributed by atoms with E-state index in [9.17, 15) is 4.79 Å². The number of nitrogens with two attached hydrogens (primary N) is 1. The first kappa shape index (κ1) is 12.5. The van der Waals surface area contributed by atoms with Crippen molar-refractivity contribution >= 4 is 11.7 Å². The third-order valence-corrected chi connectivity index (χ3v) is 1.98. The summed E-state index contributed by atoms with van der Waals surface area (Å²) in [6.07, 6.45) is -0.895. The molecule has 0 aliphatic carbocycles. The first-order valence-corrected chi connectivity index (χ1v) is 4.90. The molecule has 1 atom stereocenters. The van der Waals surface area contributed by atoms with Crippen LogP contribution in [0.25, 0.3) is 0 Å². The van der Waals surface area contributed by atoms with E-state index >= 15 is 0 Å². The molecule has 0 spiro atoms. The first-order valence-electron chi connectivity index (χ1n) is 4.90. The van der Waals surface area contributed by atoms with Gasteiger partial charge in [0.15, 0.2) is 0 Å². The molecule has 1 aromatic rings. The maximum atomic E-state index is 11.3. The number of carbonyl (C=O) groups excluding carboxylic acids is 1. The minimum absolute atomic E-state index is 0.123. The third-order valence-electron chi connectivity index (χ3n) is 1.98. The van der Waals surface area contributed by atoms with Gasteiger partial charge in [0.2, 0.25) is 0 Å². The highest BCUT2D eigenvalue weighted by molar-refractivity contribution is 5.72. The zero-order chi connectivity index (χ0) is 12.0. The number of rotatable bonds is 5. The summed E-state index contributed by atoms with van der Waals surface area (Å²) in [7, 11) is 0. The summed E-state index contributed by atoms with van der Waals surface area (Å²) in [6.45, 7) is -0.612. The number of hydrogen-bond acceptors (Lipinski definition) is 5. The minimum atomic E-state index is -1.02. The van der Waals surface area contributed by atoms with Crippen molar-refractivity contribution < 1.29 is 19.7 Å². The van der Waals surface area contributed by atoms with E-state index in [1.54, 1.807) is 24.3 Å². The van der Waals surface area contributed by atoms with Crippen LogP contribution in [0.3, 0.4) is 0 Å². The van der Waals surface area contributed by atoms with Crippen molar-refractivity contribution in [2.45, 2.75) is 12.5 Å². The number of ether oxygens (including phenoxy) is 1. The number of benzene rings is 1. The van der Waals surface area contributed by atoms with E-state index < -0.39 is 18.7 Å². The fourth-order valence-corrected chi connectivity index (χ4v) is 1.10. The lowest BCUT2D eigenvalue weighted by molar-refractivity contribution is -0.146. The van der Waals surface area contributed by atoms with Gasteiger partial charge in [0, 0.05) is 5.69 Å². The average Bonchev–Trinajstić information content (AvgIpc) is 2.29. The molecule has 0 saturated heterocycles. The van der Waals surface area contributed by atoms with Crippen LogP contribution in [0, 0.1) is 0 Å². The topological polar surface area (TPSA) is 92.8 Å². The molecular weight excluding hydrogens is 210 g/mol. The molecule has 0 heterocycles. The molecule has 1 aromatic carbocycles. The van der Waals surface area contributed by atoms with Crippen LogP contribution in [0.5, 0.6) is 0 Å². The van der Waals surface area contributed by atoms with E-state index in [1.807, 2.05) is 0 Å². The van der Waals surface area contributed by atoms with Crippen LogP contribution in [0.1, 0.15) is 5.56 Å². The lowest BCUT2D eigenvalue weighted by Gasteiger charge is -2.08. The van der Waals surface area contributed by atoms with E-state index in [-0.39, 0.29) is 13.0 Å². The van der Waals surface area contributed by atoms with Gasteiger partial charge in [0.05, 0.1) is 13.0 Å². The molecule has 88 valence electrons. The summed E-state index contributed by atoms with van der Waals surface area (Å²) in [5.41, 5.74) is 6.92. The van der Waals surface area contributed by atoms with Crippen molar-refractivity contribution in [3.05, 3.63) is 29.8 Å². The average molecular weight is 225 g/mol. The molecule has 0 amide bonds. The van der Waals surface area contributed by atoms with Crippen molar-refractivity contribution in [2.75, 3.05) is 18.9 Å². The van der Waals surface area contributed by atoms with Crippen LogP contribution in [0.15, 0.2) is 24.3 Å². The number of carbonyl (C=O) groups is 1. The van der Waals surface area contributed by atoms with Gasteiger partial charge >= 0.3 is 5.97 Å². The summed E-state index contributed by atoms with van der Waals surface area (Å²) >= 11 is 0. The van der Waals surface area contributed by atoms with E-state index in [0.717, 1.165) is 5.56 Å². The number of aliphatic hydroxyl groups excluding tert-OH is 2. The van der Waals surface area contributed by atoms with Gasteiger partial charge in [-0.1, -0.05) is 12.1 Å². The van der Waals surface area contributed by atoms with E-state index in [0.29, 0.717) is 5.69 Å². The van der Waals surface area contributed by atoms with Crippen LogP contribution in [0.4, 0.5) is 5.69 Å². The summed E-state index contributed by atoms with van der Waals surface area (Å²) in [5.74, 6) is -0.447. The normalized spacial score (nSPS) is 12.1. The van der Waals surface area contributed by atoms with Gasteiger partial charge in [0.25, 0.3) is 0 Å². The van der Waals surface area contributed by atoms with Crippen molar-refractivity contribution in [3.63, 3.8) is 0 Å². The Balaban J connectivity index is 2.37. The number of anilines is 1. The molecule has 5 nitrogen and oxygen atoms in total. The number of aliphatic hydroxyl groups is 2. The number of esters is 1. The number of nitrogen functional groups attached to an aromatic ring is 1. The third kappa shape index (κ3) is 4.29. The largest absolute Gasteiger partial charge is 0.463 e. The molecule has 0 bridgehead atoms. The lowest BCUT2D eigenvalue weighted by Crippen LogP contribution is -2.22. The maximum Gasteiger partial charge on any atom is 0.310 e. The molecule has 5 heteroatoms. The summed E-state index contributed by atoms with van der Waals surface area (Å²) in [4.78, 5) is 11.3. The zero-order valence-corrected chi connectivity index (χ0v) is 8.80. The zero-order valence-electron chi connectivity index (χ0n) is 8.80. The smallest absolute Gasteiger partial charge is 0.310 e. The number of hydrogen-bond donors (Lipinski definition) is 3. The van der Waals surface area contributed by atoms with Crippen molar-refractivity contribution in [3.8, 4) is 0 Å². The van der Waals surface area contributed by atoms with Crippen LogP contribution >= 0.6 is 0 Å². The lowest BCUT2D eigenvalue weighted by atomic mass is 10.1. The van der Waals surface area contributed by atoms with Crippen LogP contribution < -0.4 is 5.73 Å². The Kier molecular flexibility index (Phi) is 4.75. The molecule has 0 aromatic heterocycles. The first-order chi connectivity index (χ1) is 7.61. The molecular formula is C11H15NO4. The monoisotopic (exact) mass is 225 g/mol. The second-order valence-electron chi connectivity index (χ2n) is 3.44. The summed E-state index contributed by atoms with van der Waals surface area (Å²) in [5, 5.41) is 17.5. The molecule has 0 saturated carbocycles. The second kappa shape index (κ2) is 6.09. The highest BCUT2D eigenvalue weighted by Gasteiger charge is 2.08. The Bertz CT molecular complexity index is 336. The van der Waals surface area contributed by atoms with Gasteiger partial charge in [-0.3, -0.25) is 4.79 Å². The molecule has 1 unspecified atom stereocenters. The van der Waals surface area contributed by atoms with Gasteiger partial charge in [-0.2, -0.15) is 0 Å². The highest BCUT2D eigenvalue weighted by Crippen LogP contribution is 2.06. The predicted octanol–water partition coefficient (Wildman–Crippen LogP) is -0.292. The molecule has 0 fully saturated rings. The maximum absolute atomic E-state index is 11.3. The van der Waals surface area contributed by atoms with Crippen molar-refractivity contribution in [1.82, 2.24) is 0 Å². The van der Waals surface area contributed by atoms with Gasteiger partial charge < -0.3 is 20.7 Å². The van der Waals surface area contributed by atoms with E-state index in [4.69, 9.17) is 20.7 Å². The van der Waals surface area contributed by atoms with Crippen LogP contribution in [0.2, 0.25) is 0 Å². The molecule has 16 heavy (non-hydrogen) atoms. The fraction of sp³-hybridized carbons (Fsp3) is 0.364. The summed E-state index contributed by atoms with van der Waals surface area (Å²) < 4.78 is 4.75. The standard InChI is InChI=1S/C11H15NO4/c12-9-3-1-8(2-4-9)5-11(15)16-7-10(14)6-13/h1-4,10,13-14H,5-7,12H2. The molecule has 0 radical (unpaired) electrons. The SMILES string of the molecule is Nc1ccc(CC(=O)OCC(O)CO)cc1. The minimum Gasteiger partial charge on any atom is -0.463 e. The van der Waals surface area contributed by atoms with E-state index in [2.05, 4.69) is 0 Å². The Hall–Kier alpha value is -1.59. The van der Waals surface area contributed by atoms with E-state index in [1.165, 1.54) is 0 Å². The van der Waals surface area contributed by atoms with Crippen LogP contribution in [-0.2, 0) is 16.0 Å². The molecule has 0 aliphatic heterocycles. The molecule has 4 N–H and O–H groups in total. The van der Waals surface area contributed by atoms with Crippen molar-refractivity contribution in [2.24, 2.45) is 0 Å². The predicted molar refractivity (Wildman–Crippen MR) is 58.6 cm³/mol. The second-order valence-corrected chi connectivity index (χ2v) is 3.44. The Morgan fingerprint density at radius 3 is 2.56 bits per heavy atom. The van der Waals surface area contributed by atoms with Crippen LogP contribution in [-0.4, -0.2) is 35.5 Å². The molecule has 0 aliphatic rings. The molecule has 1 rings (SSSR count). The van der Waals surface area contributed by atoms with Gasteiger partial charge in [-0.15, -0.1) is 0 Å². The van der Waals surface area contributed by atoms with Gasteiger partial charge in [-0.25, -0.2) is 0 Å². The Morgan fingerprint density at radius 1 is 1.38 bits per heavy atom.